The molecule has 0 aliphatic carbocycles. The van der Waals surface area contributed by atoms with Gasteiger partial charge in [-0.05, 0) is 72.5 Å². The lowest BCUT2D eigenvalue weighted by molar-refractivity contribution is -0.119. The zero-order chi connectivity index (χ0) is 40.6. The van der Waals surface area contributed by atoms with Crippen molar-refractivity contribution in [2.24, 2.45) is 0 Å². The number of nitrogens with zero attached hydrogens (tertiary/aromatic N) is 2. The number of benzene rings is 4. The fourth-order valence-corrected chi connectivity index (χ4v) is 7.32. The smallest absolute Gasteiger partial charge is 0.264 e. The van der Waals surface area contributed by atoms with Gasteiger partial charge in [0.2, 0.25) is 11.8 Å². The summed E-state index contributed by atoms with van der Waals surface area (Å²) in [5.74, 6) is 1.28. The number of rotatable bonds is 14. The maximum atomic E-state index is 13.0. The molecule has 1 N–H and O–H groups in total. The maximum Gasteiger partial charge on any atom is 0.264 e. The first-order valence-corrected chi connectivity index (χ1v) is 20.7. The van der Waals surface area contributed by atoms with Crippen molar-refractivity contribution in [1.29, 1.82) is 0 Å². The maximum absolute atomic E-state index is 13.0. The van der Waals surface area contributed by atoms with Crippen LogP contribution < -0.4 is 28.7 Å². The van der Waals surface area contributed by atoms with Crippen molar-refractivity contribution >= 4 is 79.7 Å². The number of aliphatic hydroxyl groups excluding tert-OH is 1. The fraction of sp³-hybridized carbons (Fsp3) is 0.333. The van der Waals surface area contributed by atoms with Crippen molar-refractivity contribution in [2.75, 3.05) is 69.8 Å². The van der Waals surface area contributed by atoms with E-state index in [0.29, 0.717) is 74.7 Å². The van der Waals surface area contributed by atoms with E-state index in [-0.39, 0.29) is 50.1 Å². The molecule has 2 fully saturated rings. The first-order valence-electron chi connectivity index (χ1n) is 17.3. The highest BCUT2D eigenvalue weighted by atomic mass is 35.5. The van der Waals surface area contributed by atoms with Crippen LogP contribution in [0.4, 0.5) is 11.4 Å². The number of carbonyl (C=O) groups is 2. The summed E-state index contributed by atoms with van der Waals surface area (Å²) >= 11 is 24.1. The standard InChI is InChI=1S/C20H21Cl2NO6S.C19H19Cl2NO4/c1-27-18-6-4-14(12-19(18)28-9-10-29-30(2,25)26)23-8-7-15(20(23)24)13-3-5-16(21)17(22)11-13;1-25-17-5-3-13(11-18(17)26-9-8-23)22-7-6-14(19(22)24)12-2-4-15(20)16(21)10-12/h3-6,11-12,15H,7-10H2,1-2H3;2-5,10-11,14,23H,6-9H2,1H3. The lowest BCUT2D eigenvalue weighted by atomic mass is 9.98. The van der Waals surface area contributed by atoms with Crippen molar-refractivity contribution in [3.8, 4) is 23.0 Å². The summed E-state index contributed by atoms with van der Waals surface area (Å²) in [4.78, 5) is 29.3. The number of carbonyl (C=O) groups excluding carboxylic acids is 2. The second-order valence-corrected chi connectivity index (χ2v) is 15.9. The average molecular weight is 871 g/mol. The molecule has 300 valence electrons. The van der Waals surface area contributed by atoms with Crippen molar-refractivity contribution in [3.63, 3.8) is 0 Å². The Kier molecular flexibility index (Phi) is 15.0. The molecule has 2 heterocycles. The highest BCUT2D eigenvalue weighted by molar-refractivity contribution is 7.85. The van der Waals surface area contributed by atoms with E-state index in [1.165, 1.54) is 7.11 Å². The van der Waals surface area contributed by atoms with Gasteiger partial charge < -0.3 is 33.9 Å². The van der Waals surface area contributed by atoms with Gasteiger partial charge in [-0.25, -0.2) is 0 Å². The van der Waals surface area contributed by atoms with E-state index in [1.807, 2.05) is 18.2 Å². The predicted octanol–water partition coefficient (Wildman–Crippen LogP) is 7.77. The number of amides is 2. The third-order valence-electron chi connectivity index (χ3n) is 9.01. The third-order valence-corrected chi connectivity index (χ3v) is 11.1. The summed E-state index contributed by atoms with van der Waals surface area (Å²) in [6, 6.07) is 21.0. The first kappa shape index (κ1) is 43.2. The first-order chi connectivity index (χ1) is 26.7. The number of hydrogen-bond donors (Lipinski definition) is 1. The Morgan fingerprint density at radius 3 is 1.46 bits per heavy atom. The summed E-state index contributed by atoms with van der Waals surface area (Å²) in [6.45, 7) is 1.05. The van der Waals surface area contributed by atoms with Crippen molar-refractivity contribution < 1.29 is 46.2 Å². The molecular formula is C39H40Cl4N2O10S. The van der Waals surface area contributed by atoms with Gasteiger partial charge in [0.05, 0.1) is 59.0 Å². The molecule has 2 aliphatic rings. The topological polar surface area (TPSA) is 141 Å². The van der Waals surface area contributed by atoms with E-state index < -0.39 is 10.1 Å². The van der Waals surface area contributed by atoms with E-state index in [0.717, 1.165) is 23.1 Å². The zero-order valence-corrected chi connectivity index (χ0v) is 34.5. The van der Waals surface area contributed by atoms with Gasteiger partial charge in [-0.2, -0.15) is 8.42 Å². The Labute approximate surface area is 345 Å². The quantitative estimate of drug-likeness (QED) is 0.0988. The molecule has 4 aromatic rings. The van der Waals surface area contributed by atoms with Crippen LogP contribution in [0.25, 0.3) is 0 Å². The number of anilines is 2. The summed E-state index contributed by atoms with van der Waals surface area (Å²) < 4.78 is 48.5. The molecular weight excluding hydrogens is 830 g/mol. The molecule has 0 radical (unpaired) electrons. The summed E-state index contributed by atoms with van der Waals surface area (Å²) in [7, 11) is -0.503. The second kappa shape index (κ2) is 19.5. The zero-order valence-electron chi connectivity index (χ0n) is 30.7. The third kappa shape index (κ3) is 10.7. The Balaban J connectivity index is 0.000000216. The van der Waals surface area contributed by atoms with Crippen LogP contribution in [0.1, 0.15) is 35.8 Å². The van der Waals surface area contributed by atoms with Crippen molar-refractivity contribution in [2.45, 2.75) is 24.7 Å². The SMILES string of the molecule is COc1ccc(N2CCC(c3ccc(Cl)c(Cl)c3)C2=O)cc1OCCO.COc1ccc(N2CCC(c3ccc(Cl)c(Cl)c3)C2=O)cc1OCCOS(C)(=O)=O. The molecule has 0 saturated carbocycles. The van der Waals surface area contributed by atoms with Gasteiger partial charge in [-0.15, -0.1) is 0 Å². The highest BCUT2D eigenvalue weighted by Gasteiger charge is 2.35. The Hall–Kier alpha value is -3.95. The number of hydrogen-bond acceptors (Lipinski definition) is 10. The van der Waals surface area contributed by atoms with E-state index >= 15 is 0 Å². The highest BCUT2D eigenvalue weighted by Crippen LogP contribution is 2.40. The lowest BCUT2D eigenvalue weighted by Crippen LogP contribution is -2.26. The van der Waals surface area contributed by atoms with Crippen LogP contribution in [-0.4, -0.2) is 85.3 Å². The summed E-state index contributed by atoms with van der Waals surface area (Å²) in [6.07, 6.45) is 2.30. The molecule has 0 bridgehead atoms. The van der Waals surface area contributed by atoms with Gasteiger partial charge in [0.25, 0.3) is 10.1 Å². The molecule has 2 aliphatic heterocycles. The van der Waals surface area contributed by atoms with Crippen LogP contribution >= 0.6 is 46.4 Å². The summed E-state index contributed by atoms with van der Waals surface area (Å²) in [5.41, 5.74) is 3.06. The Morgan fingerprint density at radius 2 is 1.07 bits per heavy atom. The van der Waals surface area contributed by atoms with Crippen LogP contribution in [0.3, 0.4) is 0 Å². The minimum absolute atomic E-state index is 0.00154. The number of methoxy groups -OCH3 is 2. The molecule has 2 amide bonds. The number of ether oxygens (including phenoxy) is 4. The molecule has 2 unspecified atom stereocenters. The lowest BCUT2D eigenvalue weighted by Gasteiger charge is -2.19. The molecule has 0 aromatic heterocycles. The Bertz CT molecular complexity index is 2160. The van der Waals surface area contributed by atoms with Gasteiger partial charge >= 0.3 is 0 Å². The van der Waals surface area contributed by atoms with Crippen LogP contribution in [0.5, 0.6) is 23.0 Å². The van der Waals surface area contributed by atoms with Gasteiger partial charge in [0, 0.05) is 36.6 Å². The van der Waals surface area contributed by atoms with Gasteiger partial charge in [0.15, 0.2) is 23.0 Å². The van der Waals surface area contributed by atoms with Crippen LogP contribution in [0, 0.1) is 0 Å². The summed E-state index contributed by atoms with van der Waals surface area (Å²) in [5, 5.41) is 10.7. The molecule has 6 rings (SSSR count). The van der Waals surface area contributed by atoms with Gasteiger partial charge in [0.1, 0.15) is 19.8 Å². The van der Waals surface area contributed by atoms with Crippen molar-refractivity contribution in [3.05, 3.63) is 104 Å². The minimum Gasteiger partial charge on any atom is -0.493 e. The fourth-order valence-electron chi connectivity index (χ4n) is 6.33. The normalized spacial score (nSPS) is 16.8. The van der Waals surface area contributed by atoms with E-state index in [1.54, 1.807) is 71.5 Å². The molecule has 12 nitrogen and oxygen atoms in total. The molecule has 56 heavy (non-hydrogen) atoms. The molecule has 0 spiro atoms. The molecule has 2 atom stereocenters. The average Bonchev–Trinajstić information content (AvgIpc) is 3.76. The molecule has 2 saturated heterocycles. The monoisotopic (exact) mass is 868 g/mol. The minimum atomic E-state index is -3.54. The number of halogens is 4. The number of aliphatic hydroxyl groups is 1. The second-order valence-electron chi connectivity index (χ2n) is 12.6. The van der Waals surface area contributed by atoms with E-state index in [9.17, 15) is 18.0 Å². The van der Waals surface area contributed by atoms with Crippen LogP contribution in [-0.2, 0) is 23.9 Å². The van der Waals surface area contributed by atoms with Crippen LogP contribution in [0.2, 0.25) is 20.1 Å². The van der Waals surface area contributed by atoms with Gasteiger partial charge in [-0.1, -0.05) is 58.5 Å². The van der Waals surface area contributed by atoms with Gasteiger partial charge in [-0.3, -0.25) is 13.8 Å². The van der Waals surface area contributed by atoms with Crippen LogP contribution in [0.15, 0.2) is 72.8 Å². The Morgan fingerprint density at radius 1 is 0.625 bits per heavy atom. The molecule has 17 heteroatoms. The molecule has 4 aromatic carbocycles. The van der Waals surface area contributed by atoms with Crippen molar-refractivity contribution in [1.82, 2.24) is 0 Å². The largest absolute Gasteiger partial charge is 0.493 e. The van der Waals surface area contributed by atoms with E-state index in [2.05, 4.69) is 4.18 Å². The predicted molar refractivity (Wildman–Crippen MR) is 217 cm³/mol. The van der Waals surface area contributed by atoms with E-state index in [4.69, 9.17) is 70.5 Å².